The number of pyridine rings is 1. The van der Waals surface area contributed by atoms with E-state index in [1.807, 2.05) is 35.5 Å². The zero-order valence-electron chi connectivity index (χ0n) is 14.2. The number of carbonyl (C=O) groups is 1. The van der Waals surface area contributed by atoms with Crippen molar-refractivity contribution >= 4 is 17.2 Å². The van der Waals surface area contributed by atoms with Gasteiger partial charge in [-0.05, 0) is 54.0 Å². The van der Waals surface area contributed by atoms with Crippen LogP contribution in [0.2, 0.25) is 0 Å². The monoisotopic (exact) mass is 348 g/mol. The van der Waals surface area contributed by atoms with Gasteiger partial charge >= 0.3 is 0 Å². The standard InChI is InChI=1S/C21H20N2OS/c1-15-10-13-25-20(15)21(24)23-12-5-9-19(23)18-8-3-2-7-17(18)16-6-4-11-22-14-16/h2-4,6-8,10-11,13-14,19H,5,9,12H2,1H3/t19-/m1/s1. The molecule has 4 heteroatoms. The summed E-state index contributed by atoms with van der Waals surface area (Å²) in [5.41, 5.74) is 4.56. The molecule has 1 aliphatic heterocycles. The van der Waals surface area contributed by atoms with Gasteiger partial charge < -0.3 is 4.90 Å². The Hall–Kier alpha value is -2.46. The van der Waals surface area contributed by atoms with Gasteiger partial charge in [0.25, 0.3) is 5.91 Å². The lowest BCUT2D eigenvalue weighted by molar-refractivity contribution is 0.0740. The molecule has 0 aliphatic carbocycles. The summed E-state index contributed by atoms with van der Waals surface area (Å²) in [6, 6.07) is 14.6. The normalized spacial score (nSPS) is 17.0. The Labute approximate surface area is 152 Å². The van der Waals surface area contributed by atoms with E-state index in [0.717, 1.165) is 35.4 Å². The van der Waals surface area contributed by atoms with Crippen LogP contribution in [0.1, 0.15) is 39.7 Å². The van der Waals surface area contributed by atoms with Crippen molar-refractivity contribution in [2.45, 2.75) is 25.8 Å². The Morgan fingerprint density at radius 1 is 1.20 bits per heavy atom. The Morgan fingerprint density at radius 3 is 2.84 bits per heavy atom. The molecular weight excluding hydrogens is 328 g/mol. The maximum Gasteiger partial charge on any atom is 0.264 e. The maximum atomic E-state index is 13.1. The van der Waals surface area contributed by atoms with E-state index in [-0.39, 0.29) is 11.9 Å². The Balaban J connectivity index is 1.72. The largest absolute Gasteiger partial charge is 0.331 e. The molecule has 0 spiro atoms. The topological polar surface area (TPSA) is 33.2 Å². The molecule has 1 aliphatic rings. The zero-order chi connectivity index (χ0) is 17.2. The van der Waals surface area contributed by atoms with E-state index in [2.05, 4.69) is 35.3 Å². The van der Waals surface area contributed by atoms with Crippen molar-refractivity contribution in [1.29, 1.82) is 0 Å². The van der Waals surface area contributed by atoms with E-state index in [9.17, 15) is 4.79 Å². The van der Waals surface area contributed by atoms with Crippen LogP contribution in [-0.2, 0) is 0 Å². The SMILES string of the molecule is Cc1ccsc1C(=O)N1CCC[C@@H]1c1ccccc1-c1cccnc1. The first-order valence-electron chi connectivity index (χ1n) is 8.60. The van der Waals surface area contributed by atoms with Gasteiger partial charge in [0.15, 0.2) is 0 Å². The molecule has 1 aromatic carbocycles. The van der Waals surface area contributed by atoms with E-state index < -0.39 is 0 Å². The highest BCUT2D eigenvalue weighted by atomic mass is 32.1. The smallest absolute Gasteiger partial charge is 0.264 e. The maximum absolute atomic E-state index is 13.1. The van der Waals surface area contributed by atoms with E-state index in [1.165, 1.54) is 11.1 Å². The second-order valence-corrected chi connectivity index (χ2v) is 7.33. The van der Waals surface area contributed by atoms with Crippen molar-refractivity contribution in [3.63, 3.8) is 0 Å². The first kappa shape index (κ1) is 16.0. The second kappa shape index (κ2) is 6.81. The fraction of sp³-hybridized carbons (Fsp3) is 0.238. The highest BCUT2D eigenvalue weighted by Gasteiger charge is 2.33. The second-order valence-electron chi connectivity index (χ2n) is 6.42. The molecule has 25 heavy (non-hydrogen) atoms. The van der Waals surface area contributed by atoms with Crippen LogP contribution >= 0.6 is 11.3 Å². The molecule has 1 fully saturated rings. The fourth-order valence-electron chi connectivity index (χ4n) is 3.63. The number of hydrogen-bond acceptors (Lipinski definition) is 3. The third kappa shape index (κ3) is 2.98. The average Bonchev–Trinajstić information content (AvgIpc) is 3.31. The average molecular weight is 348 g/mol. The molecule has 3 nitrogen and oxygen atoms in total. The summed E-state index contributed by atoms with van der Waals surface area (Å²) in [6.45, 7) is 2.83. The summed E-state index contributed by atoms with van der Waals surface area (Å²) in [7, 11) is 0. The molecule has 0 radical (unpaired) electrons. The lowest BCUT2D eigenvalue weighted by Gasteiger charge is -2.27. The number of thiophene rings is 1. The van der Waals surface area contributed by atoms with Crippen LogP contribution in [0.15, 0.2) is 60.2 Å². The first-order chi connectivity index (χ1) is 12.3. The molecule has 4 rings (SSSR count). The minimum atomic E-state index is 0.130. The molecule has 3 heterocycles. The summed E-state index contributed by atoms with van der Waals surface area (Å²) in [5.74, 6) is 0.163. The number of amides is 1. The Morgan fingerprint density at radius 2 is 2.08 bits per heavy atom. The van der Waals surface area contributed by atoms with E-state index >= 15 is 0 Å². The van der Waals surface area contributed by atoms with Crippen molar-refractivity contribution in [3.05, 3.63) is 76.2 Å². The number of carbonyl (C=O) groups excluding carboxylic acids is 1. The Bertz CT molecular complexity index is 888. The van der Waals surface area contributed by atoms with Gasteiger partial charge in [-0.1, -0.05) is 30.3 Å². The number of aromatic nitrogens is 1. The van der Waals surface area contributed by atoms with Crippen LogP contribution in [-0.4, -0.2) is 22.3 Å². The van der Waals surface area contributed by atoms with Gasteiger partial charge in [0.2, 0.25) is 0 Å². The predicted molar refractivity (Wildman–Crippen MR) is 102 cm³/mol. The molecule has 0 saturated carbocycles. The lowest BCUT2D eigenvalue weighted by atomic mass is 9.94. The minimum absolute atomic E-state index is 0.130. The van der Waals surface area contributed by atoms with E-state index in [1.54, 1.807) is 17.5 Å². The van der Waals surface area contributed by atoms with Gasteiger partial charge in [-0.3, -0.25) is 9.78 Å². The van der Waals surface area contributed by atoms with Gasteiger partial charge in [0.05, 0.1) is 10.9 Å². The molecule has 3 aromatic rings. The molecule has 1 atom stereocenters. The van der Waals surface area contributed by atoms with Gasteiger partial charge in [-0.2, -0.15) is 0 Å². The van der Waals surface area contributed by atoms with Gasteiger partial charge in [-0.25, -0.2) is 0 Å². The van der Waals surface area contributed by atoms with Crippen molar-refractivity contribution in [1.82, 2.24) is 9.88 Å². The number of rotatable bonds is 3. The first-order valence-corrected chi connectivity index (χ1v) is 9.48. The third-order valence-electron chi connectivity index (χ3n) is 4.86. The van der Waals surface area contributed by atoms with E-state index in [4.69, 9.17) is 0 Å². The highest BCUT2D eigenvalue weighted by molar-refractivity contribution is 7.12. The zero-order valence-corrected chi connectivity index (χ0v) is 15.0. The number of hydrogen-bond donors (Lipinski definition) is 0. The van der Waals surface area contributed by atoms with Crippen molar-refractivity contribution in [2.75, 3.05) is 6.54 Å². The number of nitrogens with zero attached hydrogens (tertiary/aromatic N) is 2. The van der Waals surface area contributed by atoms with E-state index in [0.29, 0.717) is 0 Å². The third-order valence-corrected chi connectivity index (χ3v) is 5.87. The summed E-state index contributed by atoms with van der Waals surface area (Å²) in [6.07, 6.45) is 5.73. The Kier molecular flexibility index (Phi) is 4.36. The van der Waals surface area contributed by atoms with Crippen LogP contribution in [0.5, 0.6) is 0 Å². The highest BCUT2D eigenvalue weighted by Crippen LogP contribution is 2.38. The summed E-state index contributed by atoms with van der Waals surface area (Å²) in [4.78, 5) is 20.3. The number of benzene rings is 1. The van der Waals surface area contributed by atoms with Crippen LogP contribution in [0.3, 0.4) is 0 Å². The van der Waals surface area contributed by atoms with Crippen molar-refractivity contribution in [3.8, 4) is 11.1 Å². The predicted octanol–water partition coefficient (Wildman–Crippen LogP) is 5.10. The molecule has 2 aromatic heterocycles. The van der Waals surface area contributed by atoms with Crippen LogP contribution in [0, 0.1) is 6.92 Å². The fourth-order valence-corrected chi connectivity index (χ4v) is 4.51. The van der Waals surface area contributed by atoms with Crippen molar-refractivity contribution in [2.24, 2.45) is 0 Å². The molecule has 1 amide bonds. The number of aryl methyl sites for hydroxylation is 1. The molecule has 0 N–H and O–H groups in total. The van der Waals surface area contributed by atoms with Crippen LogP contribution < -0.4 is 0 Å². The van der Waals surface area contributed by atoms with Crippen molar-refractivity contribution < 1.29 is 4.79 Å². The summed E-state index contributed by atoms with van der Waals surface area (Å²) in [5, 5.41) is 2.00. The molecule has 1 saturated heterocycles. The minimum Gasteiger partial charge on any atom is -0.331 e. The summed E-state index contributed by atoms with van der Waals surface area (Å²) < 4.78 is 0. The molecule has 0 unspecified atom stereocenters. The molecular formula is C21H20N2OS. The number of likely N-dealkylation sites (tertiary alicyclic amines) is 1. The van der Waals surface area contributed by atoms with Gasteiger partial charge in [0.1, 0.15) is 0 Å². The molecule has 126 valence electrons. The molecule has 0 bridgehead atoms. The van der Waals surface area contributed by atoms with Gasteiger partial charge in [-0.15, -0.1) is 11.3 Å². The summed E-state index contributed by atoms with van der Waals surface area (Å²) >= 11 is 1.54. The quantitative estimate of drug-likeness (QED) is 0.660. The van der Waals surface area contributed by atoms with Crippen LogP contribution in [0.4, 0.5) is 0 Å². The van der Waals surface area contributed by atoms with Gasteiger partial charge in [0, 0.05) is 24.5 Å². The lowest BCUT2D eigenvalue weighted by Crippen LogP contribution is -2.30. The van der Waals surface area contributed by atoms with Crippen LogP contribution in [0.25, 0.3) is 11.1 Å².